The van der Waals surface area contributed by atoms with Crippen LogP contribution in [0.15, 0.2) is 18.2 Å². The number of benzene rings is 1. The summed E-state index contributed by atoms with van der Waals surface area (Å²) in [7, 11) is 1.97. The van der Waals surface area contributed by atoms with Crippen molar-refractivity contribution in [1.82, 2.24) is 5.32 Å². The molecule has 0 bridgehead atoms. The molecular formula is C15H26N2. The maximum atomic E-state index is 6.04. The van der Waals surface area contributed by atoms with Crippen molar-refractivity contribution in [2.24, 2.45) is 5.73 Å². The normalized spacial score (nSPS) is 15.7. The van der Waals surface area contributed by atoms with E-state index in [2.05, 4.69) is 51.2 Å². The lowest BCUT2D eigenvalue weighted by Crippen LogP contribution is -2.34. The molecule has 0 fully saturated rings. The fraction of sp³-hybridized carbons (Fsp3) is 0.600. The minimum atomic E-state index is 0.105. The Labute approximate surface area is 106 Å². The molecule has 0 aliphatic carbocycles. The van der Waals surface area contributed by atoms with E-state index in [-0.39, 0.29) is 17.5 Å². The van der Waals surface area contributed by atoms with Crippen molar-refractivity contribution >= 4 is 0 Å². The SMILES string of the molecule is CNC(c1cc(C(C)(C)C)ccc1C)C(C)N. The Hall–Kier alpha value is -0.860. The molecule has 0 saturated carbocycles. The summed E-state index contributed by atoms with van der Waals surface area (Å²) in [6.45, 7) is 10.9. The predicted octanol–water partition coefficient (Wildman–Crippen LogP) is 2.90. The summed E-state index contributed by atoms with van der Waals surface area (Å²) in [6.07, 6.45) is 0. The molecule has 2 heteroatoms. The highest BCUT2D eigenvalue weighted by molar-refractivity contribution is 5.37. The number of aryl methyl sites for hydroxylation is 1. The largest absolute Gasteiger partial charge is 0.326 e. The van der Waals surface area contributed by atoms with Crippen molar-refractivity contribution in [3.63, 3.8) is 0 Å². The zero-order valence-electron chi connectivity index (χ0n) is 12.0. The average molecular weight is 234 g/mol. The zero-order valence-corrected chi connectivity index (χ0v) is 12.0. The lowest BCUT2D eigenvalue weighted by atomic mass is 9.83. The molecule has 0 saturated heterocycles. The van der Waals surface area contributed by atoms with Gasteiger partial charge in [-0.05, 0) is 43.0 Å². The van der Waals surface area contributed by atoms with Crippen molar-refractivity contribution in [3.05, 3.63) is 34.9 Å². The smallest absolute Gasteiger partial charge is 0.0471 e. The summed E-state index contributed by atoms with van der Waals surface area (Å²) in [5.41, 5.74) is 10.2. The van der Waals surface area contributed by atoms with Gasteiger partial charge in [0.05, 0.1) is 0 Å². The third-order valence-corrected chi connectivity index (χ3v) is 3.32. The van der Waals surface area contributed by atoms with Crippen LogP contribution in [-0.2, 0) is 5.41 Å². The van der Waals surface area contributed by atoms with Crippen LogP contribution in [0.2, 0.25) is 0 Å². The van der Waals surface area contributed by atoms with Crippen LogP contribution in [0.25, 0.3) is 0 Å². The topological polar surface area (TPSA) is 38.0 Å². The second-order valence-electron chi connectivity index (χ2n) is 5.95. The van der Waals surface area contributed by atoms with Gasteiger partial charge in [0.1, 0.15) is 0 Å². The molecule has 1 rings (SSSR count). The van der Waals surface area contributed by atoms with Crippen LogP contribution in [-0.4, -0.2) is 13.1 Å². The molecule has 1 aromatic rings. The number of hydrogen-bond acceptors (Lipinski definition) is 2. The highest BCUT2D eigenvalue weighted by Crippen LogP contribution is 2.28. The van der Waals surface area contributed by atoms with Gasteiger partial charge in [-0.15, -0.1) is 0 Å². The Balaban J connectivity index is 3.23. The van der Waals surface area contributed by atoms with Crippen molar-refractivity contribution < 1.29 is 0 Å². The second kappa shape index (κ2) is 5.19. The Morgan fingerprint density at radius 3 is 2.24 bits per heavy atom. The van der Waals surface area contributed by atoms with Crippen LogP contribution in [0.1, 0.15) is 50.4 Å². The minimum Gasteiger partial charge on any atom is -0.326 e. The first kappa shape index (κ1) is 14.2. The first-order chi connectivity index (χ1) is 7.77. The molecule has 0 spiro atoms. The molecule has 3 N–H and O–H groups in total. The van der Waals surface area contributed by atoms with Gasteiger partial charge in [0.25, 0.3) is 0 Å². The van der Waals surface area contributed by atoms with Gasteiger partial charge in [-0.3, -0.25) is 0 Å². The van der Waals surface area contributed by atoms with Gasteiger partial charge in [0.15, 0.2) is 0 Å². The van der Waals surface area contributed by atoms with Gasteiger partial charge in [-0.2, -0.15) is 0 Å². The Morgan fingerprint density at radius 2 is 1.82 bits per heavy atom. The monoisotopic (exact) mass is 234 g/mol. The summed E-state index contributed by atoms with van der Waals surface area (Å²) in [5, 5.41) is 3.31. The molecule has 1 aromatic carbocycles. The average Bonchev–Trinajstić information content (AvgIpc) is 2.19. The number of likely N-dealkylation sites (N-methyl/N-ethyl adjacent to an activating group) is 1. The number of nitrogens with one attached hydrogen (secondary N) is 1. The van der Waals surface area contributed by atoms with Crippen LogP contribution in [0, 0.1) is 6.92 Å². The van der Waals surface area contributed by atoms with Gasteiger partial charge in [-0.1, -0.05) is 39.0 Å². The number of rotatable bonds is 3. The summed E-state index contributed by atoms with van der Waals surface area (Å²) in [4.78, 5) is 0. The quantitative estimate of drug-likeness (QED) is 0.844. The standard InChI is InChI=1S/C15H26N2/c1-10-7-8-12(15(3,4)5)9-13(10)14(17-6)11(2)16/h7-9,11,14,17H,16H2,1-6H3. The summed E-state index contributed by atoms with van der Waals surface area (Å²) in [5.74, 6) is 0. The van der Waals surface area contributed by atoms with Gasteiger partial charge in [0.2, 0.25) is 0 Å². The maximum absolute atomic E-state index is 6.04. The van der Waals surface area contributed by atoms with E-state index in [9.17, 15) is 0 Å². The van der Waals surface area contributed by atoms with E-state index in [1.54, 1.807) is 0 Å². The zero-order chi connectivity index (χ0) is 13.2. The van der Waals surface area contributed by atoms with Gasteiger partial charge in [0, 0.05) is 12.1 Å². The molecular weight excluding hydrogens is 208 g/mol. The van der Waals surface area contributed by atoms with E-state index in [0.717, 1.165) is 0 Å². The van der Waals surface area contributed by atoms with Crippen molar-refractivity contribution in [2.45, 2.75) is 52.1 Å². The van der Waals surface area contributed by atoms with Crippen molar-refractivity contribution in [2.75, 3.05) is 7.05 Å². The van der Waals surface area contributed by atoms with E-state index in [1.165, 1.54) is 16.7 Å². The number of hydrogen-bond donors (Lipinski definition) is 2. The summed E-state index contributed by atoms with van der Waals surface area (Å²) < 4.78 is 0. The van der Waals surface area contributed by atoms with E-state index in [0.29, 0.717) is 0 Å². The van der Waals surface area contributed by atoms with Crippen molar-refractivity contribution in [1.29, 1.82) is 0 Å². The maximum Gasteiger partial charge on any atom is 0.0471 e. The first-order valence-corrected chi connectivity index (χ1v) is 6.31. The van der Waals surface area contributed by atoms with Crippen LogP contribution in [0.3, 0.4) is 0 Å². The fourth-order valence-corrected chi connectivity index (χ4v) is 2.14. The highest BCUT2D eigenvalue weighted by Gasteiger charge is 2.20. The van der Waals surface area contributed by atoms with Gasteiger partial charge < -0.3 is 11.1 Å². The Bertz CT molecular complexity index is 375. The van der Waals surface area contributed by atoms with E-state index < -0.39 is 0 Å². The van der Waals surface area contributed by atoms with Crippen molar-refractivity contribution in [3.8, 4) is 0 Å². The van der Waals surface area contributed by atoms with Crippen LogP contribution >= 0.6 is 0 Å². The lowest BCUT2D eigenvalue weighted by Gasteiger charge is -2.26. The molecule has 0 radical (unpaired) electrons. The molecule has 0 heterocycles. The molecule has 2 unspecified atom stereocenters. The summed E-state index contributed by atoms with van der Waals surface area (Å²) >= 11 is 0. The number of nitrogens with two attached hydrogens (primary N) is 1. The summed E-state index contributed by atoms with van der Waals surface area (Å²) in [6, 6.07) is 7.03. The molecule has 0 aromatic heterocycles. The second-order valence-corrected chi connectivity index (χ2v) is 5.95. The first-order valence-electron chi connectivity index (χ1n) is 6.31. The van der Waals surface area contributed by atoms with Gasteiger partial charge in [-0.25, -0.2) is 0 Å². The third-order valence-electron chi connectivity index (χ3n) is 3.32. The molecule has 0 aliphatic heterocycles. The van der Waals surface area contributed by atoms with Crippen LogP contribution < -0.4 is 11.1 Å². The molecule has 17 heavy (non-hydrogen) atoms. The fourth-order valence-electron chi connectivity index (χ4n) is 2.14. The van der Waals surface area contributed by atoms with E-state index in [1.807, 2.05) is 14.0 Å². The van der Waals surface area contributed by atoms with E-state index >= 15 is 0 Å². The molecule has 0 aliphatic rings. The molecule has 96 valence electrons. The molecule has 0 amide bonds. The Kier molecular flexibility index (Phi) is 4.34. The molecule has 2 atom stereocenters. The molecule has 2 nitrogen and oxygen atoms in total. The van der Waals surface area contributed by atoms with Crippen LogP contribution in [0.4, 0.5) is 0 Å². The minimum absolute atomic E-state index is 0.105. The van der Waals surface area contributed by atoms with Crippen LogP contribution in [0.5, 0.6) is 0 Å². The van der Waals surface area contributed by atoms with E-state index in [4.69, 9.17) is 5.73 Å². The predicted molar refractivity (Wildman–Crippen MR) is 75.3 cm³/mol. The van der Waals surface area contributed by atoms with Gasteiger partial charge >= 0.3 is 0 Å². The third kappa shape index (κ3) is 3.30. The Morgan fingerprint density at radius 1 is 1.24 bits per heavy atom. The highest BCUT2D eigenvalue weighted by atomic mass is 14.9. The lowest BCUT2D eigenvalue weighted by molar-refractivity contribution is 0.499.